The number of amides is 1. The van der Waals surface area contributed by atoms with Crippen LogP contribution in [0.3, 0.4) is 0 Å². The number of benzene rings is 1. The highest BCUT2D eigenvalue weighted by Gasteiger charge is 2.12. The smallest absolute Gasteiger partial charge is 0.253 e. The summed E-state index contributed by atoms with van der Waals surface area (Å²) < 4.78 is 14.5. The second-order valence-electron chi connectivity index (χ2n) is 5.10. The summed E-state index contributed by atoms with van der Waals surface area (Å²) in [6.45, 7) is 1.84. The average Bonchev–Trinajstić information content (AvgIpc) is 3.10. The highest BCUT2D eigenvalue weighted by atomic mass is 19.1. The van der Waals surface area contributed by atoms with Crippen LogP contribution in [0.1, 0.15) is 28.9 Å². The van der Waals surface area contributed by atoms with E-state index >= 15 is 0 Å². The molecule has 1 aromatic carbocycles. The van der Waals surface area contributed by atoms with Gasteiger partial charge in [0.1, 0.15) is 5.82 Å². The number of nitrogens with zero attached hydrogens (tertiary/aromatic N) is 3. The van der Waals surface area contributed by atoms with E-state index < -0.39 is 0 Å². The van der Waals surface area contributed by atoms with E-state index in [-0.39, 0.29) is 17.8 Å². The molecule has 1 N–H and O–H groups in total. The van der Waals surface area contributed by atoms with Gasteiger partial charge < -0.3 is 5.32 Å². The van der Waals surface area contributed by atoms with E-state index in [0.29, 0.717) is 11.4 Å². The lowest BCUT2D eigenvalue weighted by atomic mass is 10.1. The number of carbonyl (C=O) groups excluding carboxylic acids is 1. The van der Waals surface area contributed by atoms with Crippen molar-refractivity contribution >= 4 is 5.91 Å². The predicted octanol–water partition coefficient (Wildman–Crippen LogP) is 2.90. The SMILES string of the molecule is C[C@@H](NC(=O)c1ccc(-n2cccn2)nc1)c1ccc(F)cc1. The average molecular weight is 310 g/mol. The van der Waals surface area contributed by atoms with Gasteiger partial charge in [-0.25, -0.2) is 14.1 Å². The number of carbonyl (C=O) groups is 1. The minimum atomic E-state index is -0.300. The lowest BCUT2D eigenvalue weighted by molar-refractivity contribution is 0.0939. The minimum absolute atomic E-state index is 0.228. The first-order valence-corrected chi connectivity index (χ1v) is 7.16. The van der Waals surface area contributed by atoms with Crippen LogP contribution in [-0.4, -0.2) is 20.7 Å². The maximum absolute atomic E-state index is 12.9. The van der Waals surface area contributed by atoms with Gasteiger partial charge >= 0.3 is 0 Å². The minimum Gasteiger partial charge on any atom is -0.345 e. The van der Waals surface area contributed by atoms with Gasteiger partial charge in [0.05, 0.1) is 11.6 Å². The topological polar surface area (TPSA) is 59.8 Å². The fourth-order valence-corrected chi connectivity index (χ4v) is 2.17. The van der Waals surface area contributed by atoms with E-state index in [2.05, 4.69) is 15.4 Å². The Morgan fingerprint density at radius 3 is 2.61 bits per heavy atom. The number of rotatable bonds is 4. The Kier molecular flexibility index (Phi) is 4.14. The molecule has 1 amide bonds. The third-order valence-electron chi connectivity index (χ3n) is 3.47. The van der Waals surface area contributed by atoms with Crippen LogP contribution in [0.5, 0.6) is 0 Å². The van der Waals surface area contributed by atoms with E-state index in [4.69, 9.17) is 0 Å². The fourth-order valence-electron chi connectivity index (χ4n) is 2.17. The zero-order valence-corrected chi connectivity index (χ0v) is 12.5. The predicted molar refractivity (Wildman–Crippen MR) is 83.6 cm³/mol. The van der Waals surface area contributed by atoms with E-state index in [9.17, 15) is 9.18 Å². The molecular formula is C17H15FN4O. The molecule has 3 rings (SSSR count). The second-order valence-corrected chi connectivity index (χ2v) is 5.10. The van der Waals surface area contributed by atoms with Gasteiger partial charge in [-0.3, -0.25) is 4.79 Å². The van der Waals surface area contributed by atoms with Crippen LogP contribution in [0.4, 0.5) is 4.39 Å². The van der Waals surface area contributed by atoms with E-state index in [1.54, 1.807) is 47.4 Å². The van der Waals surface area contributed by atoms with Crippen LogP contribution < -0.4 is 5.32 Å². The van der Waals surface area contributed by atoms with Crippen molar-refractivity contribution in [1.82, 2.24) is 20.1 Å². The van der Waals surface area contributed by atoms with Gasteiger partial charge in [-0.1, -0.05) is 12.1 Å². The number of aromatic nitrogens is 3. The Balaban J connectivity index is 1.69. The maximum atomic E-state index is 12.9. The number of halogens is 1. The molecule has 0 radical (unpaired) electrons. The maximum Gasteiger partial charge on any atom is 0.253 e. The van der Waals surface area contributed by atoms with Gasteiger partial charge in [0.2, 0.25) is 0 Å². The summed E-state index contributed by atoms with van der Waals surface area (Å²) in [5.41, 5.74) is 1.29. The molecule has 0 aliphatic carbocycles. The summed E-state index contributed by atoms with van der Waals surface area (Å²) in [5.74, 6) is 0.102. The number of pyridine rings is 1. The molecule has 0 spiro atoms. The van der Waals surface area contributed by atoms with Crippen molar-refractivity contribution in [2.24, 2.45) is 0 Å². The third-order valence-corrected chi connectivity index (χ3v) is 3.47. The largest absolute Gasteiger partial charge is 0.345 e. The molecule has 23 heavy (non-hydrogen) atoms. The summed E-state index contributed by atoms with van der Waals surface area (Å²) in [7, 11) is 0. The normalized spacial score (nSPS) is 11.9. The van der Waals surface area contributed by atoms with Gasteiger partial charge in [0.25, 0.3) is 5.91 Å². The number of hydrogen-bond donors (Lipinski definition) is 1. The molecule has 116 valence electrons. The van der Waals surface area contributed by atoms with Crippen LogP contribution in [0.15, 0.2) is 61.1 Å². The Morgan fingerprint density at radius 1 is 1.22 bits per heavy atom. The molecule has 3 aromatic rings. The Labute approximate surface area is 132 Å². The van der Waals surface area contributed by atoms with E-state index in [1.807, 2.05) is 6.92 Å². The van der Waals surface area contributed by atoms with Crippen LogP contribution >= 0.6 is 0 Å². The molecule has 0 aliphatic rings. The molecule has 0 aliphatic heterocycles. The standard InChI is InChI=1S/C17H15FN4O/c1-12(13-3-6-15(18)7-4-13)21-17(23)14-5-8-16(19-11-14)22-10-2-9-20-22/h2-12H,1H3,(H,21,23)/t12-/m1/s1. The van der Waals surface area contributed by atoms with Crippen molar-refractivity contribution < 1.29 is 9.18 Å². The third kappa shape index (κ3) is 3.42. The van der Waals surface area contributed by atoms with Gasteiger partial charge in [0.15, 0.2) is 5.82 Å². The van der Waals surface area contributed by atoms with Crippen LogP contribution in [-0.2, 0) is 0 Å². The molecule has 6 heteroatoms. The second kappa shape index (κ2) is 6.39. The summed E-state index contributed by atoms with van der Waals surface area (Å²) in [4.78, 5) is 16.5. The zero-order chi connectivity index (χ0) is 16.2. The number of hydrogen-bond acceptors (Lipinski definition) is 3. The van der Waals surface area contributed by atoms with Gasteiger partial charge in [-0.05, 0) is 42.8 Å². The fraction of sp³-hybridized carbons (Fsp3) is 0.118. The van der Waals surface area contributed by atoms with Gasteiger partial charge in [0, 0.05) is 18.6 Å². The van der Waals surface area contributed by atoms with Crippen LogP contribution in [0.2, 0.25) is 0 Å². The molecule has 1 atom stereocenters. The lowest BCUT2D eigenvalue weighted by Gasteiger charge is -2.14. The van der Waals surface area contributed by atoms with Crippen molar-refractivity contribution in [3.63, 3.8) is 0 Å². The highest BCUT2D eigenvalue weighted by Crippen LogP contribution is 2.14. The molecule has 0 fully saturated rings. The molecule has 0 unspecified atom stereocenters. The first-order valence-electron chi connectivity index (χ1n) is 7.16. The van der Waals surface area contributed by atoms with Crippen molar-refractivity contribution in [3.05, 3.63) is 78.0 Å². The van der Waals surface area contributed by atoms with Crippen molar-refractivity contribution in [2.45, 2.75) is 13.0 Å². The summed E-state index contributed by atoms with van der Waals surface area (Å²) in [6.07, 6.45) is 4.94. The summed E-state index contributed by atoms with van der Waals surface area (Å²) in [6, 6.07) is 11.0. The molecule has 2 aromatic heterocycles. The highest BCUT2D eigenvalue weighted by molar-refractivity contribution is 5.94. The van der Waals surface area contributed by atoms with E-state index in [1.165, 1.54) is 18.3 Å². The molecular weight excluding hydrogens is 295 g/mol. The van der Waals surface area contributed by atoms with Crippen LogP contribution in [0, 0.1) is 5.82 Å². The van der Waals surface area contributed by atoms with Crippen molar-refractivity contribution in [3.8, 4) is 5.82 Å². The Hall–Kier alpha value is -3.02. The van der Waals surface area contributed by atoms with Crippen LogP contribution in [0.25, 0.3) is 5.82 Å². The Morgan fingerprint density at radius 2 is 2.00 bits per heavy atom. The molecule has 0 saturated heterocycles. The lowest BCUT2D eigenvalue weighted by Crippen LogP contribution is -2.26. The van der Waals surface area contributed by atoms with Gasteiger partial charge in [-0.15, -0.1) is 0 Å². The summed E-state index contributed by atoms with van der Waals surface area (Å²) >= 11 is 0. The van der Waals surface area contributed by atoms with Crippen molar-refractivity contribution in [2.75, 3.05) is 0 Å². The van der Waals surface area contributed by atoms with E-state index in [0.717, 1.165) is 5.56 Å². The number of nitrogens with one attached hydrogen (secondary N) is 1. The molecule has 2 heterocycles. The Bertz CT molecular complexity index is 782. The molecule has 0 bridgehead atoms. The quantitative estimate of drug-likeness (QED) is 0.806. The first-order chi connectivity index (χ1) is 11.1. The summed E-state index contributed by atoms with van der Waals surface area (Å²) in [5, 5.41) is 6.94. The molecule has 0 saturated carbocycles. The van der Waals surface area contributed by atoms with Gasteiger partial charge in [-0.2, -0.15) is 5.10 Å². The monoisotopic (exact) mass is 310 g/mol. The first kappa shape index (κ1) is 14.9. The van der Waals surface area contributed by atoms with Crippen molar-refractivity contribution in [1.29, 1.82) is 0 Å². The zero-order valence-electron chi connectivity index (χ0n) is 12.5. The molecule has 5 nitrogen and oxygen atoms in total.